The molecular formula is C22H29N3O3. The number of aromatic nitrogens is 1. The SMILES string of the molecule is COc1cccc(OC)c1C(=O)NC(c1ccccn1)C1CCC(CN)CC1. The third kappa shape index (κ3) is 4.44. The third-order valence-electron chi connectivity index (χ3n) is 5.64. The second-order valence-corrected chi connectivity index (χ2v) is 7.26. The number of methoxy groups -OCH3 is 2. The van der Waals surface area contributed by atoms with E-state index in [1.807, 2.05) is 18.2 Å². The fourth-order valence-corrected chi connectivity index (χ4v) is 4.04. The molecule has 1 aliphatic carbocycles. The van der Waals surface area contributed by atoms with Crippen LogP contribution in [-0.4, -0.2) is 31.7 Å². The van der Waals surface area contributed by atoms with Crippen LogP contribution in [0.25, 0.3) is 0 Å². The van der Waals surface area contributed by atoms with Crippen molar-refractivity contribution in [1.29, 1.82) is 0 Å². The summed E-state index contributed by atoms with van der Waals surface area (Å²) in [7, 11) is 3.10. The Hall–Kier alpha value is -2.60. The number of rotatable bonds is 7. The first-order valence-corrected chi connectivity index (χ1v) is 9.80. The summed E-state index contributed by atoms with van der Waals surface area (Å²) in [6.45, 7) is 0.728. The normalized spacial score (nSPS) is 20.2. The number of nitrogens with zero attached hydrogens (tertiary/aromatic N) is 1. The lowest BCUT2D eigenvalue weighted by atomic mass is 9.77. The van der Waals surface area contributed by atoms with Crippen molar-refractivity contribution >= 4 is 5.91 Å². The first kappa shape index (κ1) is 20.1. The van der Waals surface area contributed by atoms with Gasteiger partial charge in [0.2, 0.25) is 0 Å². The van der Waals surface area contributed by atoms with Crippen molar-refractivity contribution in [2.75, 3.05) is 20.8 Å². The van der Waals surface area contributed by atoms with Gasteiger partial charge in [0.1, 0.15) is 17.1 Å². The number of nitrogens with one attached hydrogen (secondary N) is 1. The van der Waals surface area contributed by atoms with Gasteiger partial charge in [0.15, 0.2) is 0 Å². The van der Waals surface area contributed by atoms with Crippen molar-refractivity contribution in [3.05, 3.63) is 53.9 Å². The predicted molar refractivity (Wildman–Crippen MR) is 108 cm³/mol. The molecule has 1 fully saturated rings. The number of hydrogen-bond acceptors (Lipinski definition) is 5. The smallest absolute Gasteiger partial charge is 0.259 e. The second kappa shape index (κ2) is 9.55. The summed E-state index contributed by atoms with van der Waals surface area (Å²) in [5.41, 5.74) is 7.13. The average Bonchev–Trinajstić information content (AvgIpc) is 2.77. The molecule has 1 amide bonds. The van der Waals surface area contributed by atoms with Gasteiger partial charge in [0.05, 0.1) is 26.0 Å². The zero-order valence-electron chi connectivity index (χ0n) is 16.6. The molecule has 1 saturated carbocycles. The van der Waals surface area contributed by atoms with E-state index in [1.165, 1.54) is 0 Å². The zero-order chi connectivity index (χ0) is 19.9. The van der Waals surface area contributed by atoms with E-state index in [9.17, 15) is 4.79 Å². The van der Waals surface area contributed by atoms with Crippen LogP contribution in [0.4, 0.5) is 0 Å². The van der Waals surface area contributed by atoms with Crippen LogP contribution in [0, 0.1) is 11.8 Å². The van der Waals surface area contributed by atoms with Gasteiger partial charge in [-0.05, 0) is 68.3 Å². The standard InChI is InChI=1S/C22H29N3O3/c1-27-18-7-5-8-19(28-2)20(18)22(26)25-21(17-6-3-4-13-24-17)16-11-9-15(14-23)10-12-16/h3-8,13,15-16,21H,9-12,14,23H2,1-2H3,(H,25,26). The number of pyridine rings is 1. The Morgan fingerprint density at radius 1 is 1.11 bits per heavy atom. The van der Waals surface area contributed by atoms with Crippen LogP contribution in [0.1, 0.15) is 47.8 Å². The maximum atomic E-state index is 13.2. The highest BCUT2D eigenvalue weighted by atomic mass is 16.5. The van der Waals surface area contributed by atoms with Crippen molar-refractivity contribution in [2.45, 2.75) is 31.7 Å². The van der Waals surface area contributed by atoms with E-state index in [2.05, 4.69) is 10.3 Å². The molecule has 150 valence electrons. The number of carbonyl (C=O) groups is 1. The molecule has 1 aromatic heterocycles. The predicted octanol–water partition coefficient (Wildman–Crippen LogP) is 3.34. The van der Waals surface area contributed by atoms with Crippen molar-refractivity contribution in [3.63, 3.8) is 0 Å². The van der Waals surface area contributed by atoms with Crippen molar-refractivity contribution in [1.82, 2.24) is 10.3 Å². The van der Waals surface area contributed by atoms with Gasteiger partial charge in [-0.15, -0.1) is 0 Å². The largest absolute Gasteiger partial charge is 0.496 e. The molecule has 1 atom stereocenters. The van der Waals surface area contributed by atoms with Crippen LogP contribution in [-0.2, 0) is 0 Å². The van der Waals surface area contributed by atoms with Crippen molar-refractivity contribution < 1.29 is 14.3 Å². The second-order valence-electron chi connectivity index (χ2n) is 7.26. The van der Waals surface area contributed by atoms with Gasteiger partial charge in [0.25, 0.3) is 5.91 Å². The summed E-state index contributed by atoms with van der Waals surface area (Å²) in [6.07, 6.45) is 5.97. The van der Waals surface area contributed by atoms with E-state index in [0.29, 0.717) is 28.9 Å². The Labute approximate surface area is 166 Å². The minimum atomic E-state index is -0.217. The van der Waals surface area contributed by atoms with Gasteiger partial charge in [0, 0.05) is 6.20 Å². The molecule has 1 aliphatic rings. The van der Waals surface area contributed by atoms with Crippen LogP contribution in [0.3, 0.4) is 0 Å². The summed E-state index contributed by atoms with van der Waals surface area (Å²) in [5, 5.41) is 3.21. The Morgan fingerprint density at radius 2 is 1.79 bits per heavy atom. The number of carbonyl (C=O) groups excluding carboxylic acids is 1. The zero-order valence-corrected chi connectivity index (χ0v) is 16.6. The first-order valence-electron chi connectivity index (χ1n) is 9.80. The summed E-state index contributed by atoms with van der Waals surface area (Å²) in [6, 6.07) is 11.0. The number of amides is 1. The van der Waals surface area contributed by atoms with E-state index < -0.39 is 0 Å². The summed E-state index contributed by atoms with van der Waals surface area (Å²) in [5.74, 6) is 1.66. The molecule has 0 spiro atoms. The van der Waals surface area contributed by atoms with Crippen LogP contribution in [0.2, 0.25) is 0 Å². The van der Waals surface area contributed by atoms with Gasteiger partial charge < -0.3 is 20.5 Å². The topological polar surface area (TPSA) is 86.5 Å². The molecule has 0 saturated heterocycles. The summed E-state index contributed by atoms with van der Waals surface area (Å²) >= 11 is 0. The first-order chi connectivity index (χ1) is 13.7. The molecular weight excluding hydrogens is 354 g/mol. The number of hydrogen-bond donors (Lipinski definition) is 2. The summed E-state index contributed by atoms with van der Waals surface area (Å²) in [4.78, 5) is 17.8. The lowest BCUT2D eigenvalue weighted by Gasteiger charge is -2.34. The lowest BCUT2D eigenvalue weighted by molar-refractivity contribution is 0.0899. The quantitative estimate of drug-likeness (QED) is 0.766. The summed E-state index contributed by atoms with van der Waals surface area (Å²) < 4.78 is 10.8. The Bertz CT molecular complexity index is 752. The molecule has 2 aromatic rings. The Balaban J connectivity index is 1.87. The van der Waals surface area contributed by atoms with Crippen LogP contribution >= 0.6 is 0 Å². The molecule has 1 aromatic carbocycles. The average molecular weight is 383 g/mol. The highest BCUT2D eigenvalue weighted by molar-refractivity contribution is 6.00. The highest BCUT2D eigenvalue weighted by Crippen LogP contribution is 2.37. The molecule has 6 nitrogen and oxygen atoms in total. The van der Waals surface area contributed by atoms with Gasteiger partial charge in [-0.25, -0.2) is 0 Å². The third-order valence-corrected chi connectivity index (χ3v) is 5.64. The Kier molecular flexibility index (Phi) is 6.87. The van der Waals surface area contributed by atoms with Crippen molar-refractivity contribution in [2.24, 2.45) is 17.6 Å². The minimum Gasteiger partial charge on any atom is -0.496 e. The minimum absolute atomic E-state index is 0.165. The van der Waals surface area contributed by atoms with E-state index in [-0.39, 0.29) is 11.9 Å². The van der Waals surface area contributed by atoms with Crippen LogP contribution in [0.5, 0.6) is 11.5 Å². The Morgan fingerprint density at radius 3 is 2.32 bits per heavy atom. The van der Waals surface area contributed by atoms with Gasteiger partial charge in [-0.2, -0.15) is 0 Å². The van der Waals surface area contributed by atoms with Crippen molar-refractivity contribution in [3.8, 4) is 11.5 Å². The van der Waals surface area contributed by atoms with Crippen LogP contribution in [0.15, 0.2) is 42.6 Å². The highest BCUT2D eigenvalue weighted by Gasteiger charge is 2.31. The number of benzene rings is 1. The lowest BCUT2D eigenvalue weighted by Crippen LogP contribution is -2.36. The van der Waals surface area contributed by atoms with Gasteiger partial charge in [-0.1, -0.05) is 12.1 Å². The monoisotopic (exact) mass is 383 g/mol. The maximum absolute atomic E-state index is 13.2. The maximum Gasteiger partial charge on any atom is 0.259 e. The fourth-order valence-electron chi connectivity index (χ4n) is 4.04. The number of nitrogens with two attached hydrogens (primary N) is 1. The number of ether oxygens (including phenoxy) is 2. The van der Waals surface area contributed by atoms with E-state index in [0.717, 1.165) is 37.9 Å². The fraction of sp³-hybridized carbons (Fsp3) is 0.455. The molecule has 1 unspecified atom stereocenters. The van der Waals surface area contributed by atoms with E-state index in [4.69, 9.17) is 15.2 Å². The molecule has 0 radical (unpaired) electrons. The molecule has 28 heavy (non-hydrogen) atoms. The van der Waals surface area contributed by atoms with E-state index in [1.54, 1.807) is 38.6 Å². The molecule has 0 aliphatic heterocycles. The molecule has 3 rings (SSSR count). The van der Waals surface area contributed by atoms with Gasteiger partial charge in [-0.3, -0.25) is 9.78 Å². The molecule has 6 heteroatoms. The van der Waals surface area contributed by atoms with E-state index >= 15 is 0 Å². The molecule has 1 heterocycles. The molecule has 0 bridgehead atoms. The molecule has 3 N–H and O–H groups in total. The van der Waals surface area contributed by atoms with Crippen LogP contribution < -0.4 is 20.5 Å². The van der Waals surface area contributed by atoms with Gasteiger partial charge >= 0.3 is 0 Å².